The molecule has 0 radical (unpaired) electrons. The van der Waals surface area contributed by atoms with Crippen molar-refractivity contribution >= 4 is 12.2 Å². The van der Waals surface area contributed by atoms with E-state index in [0.29, 0.717) is 13.0 Å². The zero-order valence-corrected chi connectivity index (χ0v) is 8.20. The highest BCUT2D eigenvalue weighted by Gasteiger charge is 2.24. The van der Waals surface area contributed by atoms with Gasteiger partial charge in [-0.3, -0.25) is 0 Å². The average Bonchev–Trinajstić information content (AvgIpc) is 2.04. The van der Waals surface area contributed by atoms with Crippen LogP contribution in [0.3, 0.4) is 0 Å². The number of aliphatic imine (C=N–C) groups is 2. The van der Waals surface area contributed by atoms with Gasteiger partial charge in [0, 0.05) is 0 Å². The van der Waals surface area contributed by atoms with Crippen LogP contribution in [-0.4, -0.2) is 24.2 Å². The van der Waals surface area contributed by atoms with Gasteiger partial charge in [0.25, 0.3) is 0 Å². The molecule has 0 fully saturated rings. The van der Waals surface area contributed by atoms with E-state index in [9.17, 15) is 9.59 Å². The zero-order valence-electron chi connectivity index (χ0n) is 8.20. The van der Waals surface area contributed by atoms with E-state index in [0.717, 1.165) is 0 Å². The van der Waals surface area contributed by atoms with Gasteiger partial charge in [0.15, 0.2) is 0 Å². The van der Waals surface area contributed by atoms with Gasteiger partial charge in [0.2, 0.25) is 12.2 Å². The third kappa shape index (κ3) is 4.36. The molecule has 0 aromatic rings. The quantitative estimate of drug-likeness (QED) is 0.477. The summed E-state index contributed by atoms with van der Waals surface area (Å²) in [6, 6.07) is 0. The Morgan fingerprint density at radius 2 is 1.92 bits per heavy atom. The van der Waals surface area contributed by atoms with Gasteiger partial charge in [-0.1, -0.05) is 6.92 Å². The Balaban J connectivity index is 4.15. The molecule has 4 heteroatoms. The van der Waals surface area contributed by atoms with Crippen molar-refractivity contribution in [3.63, 3.8) is 0 Å². The molecule has 0 aromatic carbocycles. The van der Waals surface area contributed by atoms with Crippen molar-refractivity contribution in [1.82, 2.24) is 0 Å². The Labute approximate surface area is 77.8 Å². The van der Waals surface area contributed by atoms with Crippen LogP contribution in [0.2, 0.25) is 0 Å². The number of hydrogen-bond donors (Lipinski definition) is 0. The lowest BCUT2D eigenvalue weighted by Crippen LogP contribution is -2.27. The number of rotatable bonds is 5. The molecule has 0 aromatic heterocycles. The predicted molar refractivity (Wildman–Crippen MR) is 49.0 cm³/mol. The van der Waals surface area contributed by atoms with Gasteiger partial charge < -0.3 is 0 Å². The average molecular weight is 182 g/mol. The Morgan fingerprint density at radius 3 is 2.38 bits per heavy atom. The zero-order chi connectivity index (χ0) is 10.3. The Kier molecular flexibility index (Phi) is 4.90. The van der Waals surface area contributed by atoms with Gasteiger partial charge in [0.1, 0.15) is 0 Å². The van der Waals surface area contributed by atoms with Crippen molar-refractivity contribution in [3.8, 4) is 0 Å². The first-order valence-corrected chi connectivity index (χ1v) is 4.17. The second-order valence-corrected chi connectivity index (χ2v) is 3.52. The number of hydrogen-bond acceptors (Lipinski definition) is 4. The molecule has 1 atom stereocenters. The van der Waals surface area contributed by atoms with Gasteiger partial charge in [-0.25, -0.2) is 14.6 Å². The van der Waals surface area contributed by atoms with E-state index in [4.69, 9.17) is 0 Å². The topological polar surface area (TPSA) is 58.9 Å². The Hall–Kier alpha value is -1.24. The minimum Gasteiger partial charge on any atom is -0.211 e. The number of carbonyl (C=O) groups excluding carboxylic acids is 2. The van der Waals surface area contributed by atoms with Crippen LogP contribution in [0.1, 0.15) is 27.2 Å². The van der Waals surface area contributed by atoms with Crippen LogP contribution in [0.15, 0.2) is 9.98 Å². The largest absolute Gasteiger partial charge is 0.235 e. The highest BCUT2D eigenvalue weighted by molar-refractivity contribution is 5.34. The molecule has 0 saturated heterocycles. The molecule has 13 heavy (non-hydrogen) atoms. The van der Waals surface area contributed by atoms with E-state index in [-0.39, 0.29) is 5.92 Å². The van der Waals surface area contributed by atoms with Gasteiger partial charge in [-0.15, -0.1) is 0 Å². The van der Waals surface area contributed by atoms with Crippen LogP contribution in [-0.2, 0) is 9.59 Å². The van der Waals surface area contributed by atoms with E-state index in [2.05, 4.69) is 9.98 Å². The maximum absolute atomic E-state index is 10.1. The van der Waals surface area contributed by atoms with Crippen molar-refractivity contribution in [1.29, 1.82) is 0 Å². The molecule has 1 unspecified atom stereocenters. The van der Waals surface area contributed by atoms with E-state index in [1.165, 1.54) is 6.08 Å². The first-order valence-electron chi connectivity index (χ1n) is 4.17. The van der Waals surface area contributed by atoms with Crippen molar-refractivity contribution in [2.75, 3.05) is 6.54 Å². The summed E-state index contributed by atoms with van der Waals surface area (Å²) in [5.74, 6) is 0.186. The summed E-state index contributed by atoms with van der Waals surface area (Å²) >= 11 is 0. The van der Waals surface area contributed by atoms with Crippen LogP contribution in [0, 0.1) is 5.92 Å². The fraction of sp³-hybridized carbons (Fsp3) is 0.778. The van der Waals surface area contributed by atoms with Crippen LogP contribution >= 0.6 is 0 Å². The molecule has 0 heterocycles. The molecular weight excluding hydrogens is 168 g/mol. The molecule has 72 valence electrons. The van der Waals surface area contributed by atoms with Gasteiger partial charge >= 0.3 is 0 Å². The summed E-state index contributed by atoms with van der Waals surface area (Å²) in [6.45, 7) is 6.10. The molecule has 0 aliphatic heterocycles. The van der Waals surface area contributed by atoms with E-state index >= 15 is 0 Å². The van der Waals surface area contributed by atoms with Crippen LogP contribution in [0.4, 0.5) is 0 Å². The van der Waals surface area contributed by atoms with E-state index in [1.807, 2.05) is 20.8 Å². The Morgan fingerprint density at radius 1 is 1.31 bits per heavy atom. The smallest absolute Gasteiger partial charge is 0.211 e. The first kappa shape index (κ1) is 11.8. The summed E-state index contributed by atoms with van der Waals surface area (Å²) in [7, 11) is 0. The normalized spacial score (nSPS) is 12.5. The van der Waals surface area contributed by atoms with Crippen molar-refractivity contribution in [3.05, 3.63) is 0 Å². The second-order valence-electron chi connectivity index (χ2n) is 3.52. The van der Waals surface area contributed by atoms with Crippen molar-refractivity contribution < 1.29 is 9.59 Å². The summed E-state index contributed by atoms with van der Waals surface area (Å²) in [5.41, 5.74) is -0.430. The lowest BCUT2D eigenvalue weighted by molar-refractivity contribution is 0.332. The molecule has 0 spiro atoms. The third-order valence-corrected chi connectivity index (χ3v) is 2.28. The summed E-state index contributed by atoms with van der Waals surface area (Å²) in [5, 5.41) is 0. The minimum absolute atomic E-state index is 0.186. The van der Waals surface area contributed by atoms with E-state index < -0.39 is 5.54 Å². The van der Waals surface area contributed by atoms with Gasteiger partial charge in [-0.2, -0.15) is 4.99 Å². The standard InChI is InChI=1S/C9H14N2O2/c1-8(4-5-10-6-12)9(2,3)11-7-13/h8H,4-5H2,1-3H3. The Bertz CT molecular complexity index is 248. The lowest BCUT2D eigenvalue weighted by atomic mass is 9.87. The summed E-state index contributed by atoms with van der Waals surface area (Å²) < 4.78 is 0. The third-order valence-electron chi connectivity index (χ3n) is 2.28. The van der Waals surface area contributed by atoms with Crippen LogP contribution in [0.5, 0.6) is 0 Å². The van der Waals surface area contributed by atoms with Crippen molar-refractivity contribution in [2.24, 2.45) is 15.9 Å². The van der Waals surface area contributed by atoms with E-state index in [1.54, 1.807) is 6.08 Å². The van der Waals surface area contributed by atoms with Gasteiger partial charge in [0.05, 0.1) is 12.1 Å². The maximum Gasteiger partial charge on any atom is 0.235 e. The summed E-state index contributed by atoms with van der Waals surface area (Å²) in [4.78, 5) is 27.0. The molecule has 0 aliphatic carbocycles. The maximum atomic E-state index is 10.1. The second kappa shape index (κ2) is 5.41. The molecule has 4 nitrogen and oxygen atoms in total. The first-order chi connectivity index (χ1) is 6.04. The minimum atomic E-state index is -0.430. The lowest BCUT2D eigenvalue weighted by Gasteiger charge is -2.24. The molecule has 0 saturated carbocycles. The van der Waals surface area contributed by atoms with Crippen LogP contribution in [0.25, 0.3) is 0 Å². The molecule has 0 bridgehead atoms. The van der Waals surface area contributed by atoms with Gasteiger partial charge in [-0.05, 0) is 26.2 Å². The van der Waals surface area contributed by atoms with Crippen LogP contribution < -0.4 is 0 Å². The molecular formula is C9H14N2O2. The SMILES string of the molecule is CC(CCN=C=O)C(C)(C)N=C=O. The molecule has 0 amide bonds. The van der Waals surface area contributed by atoms with Crippen molar-refractivity contribution in [2.45, 2.75) is 32.7 Å². The predicted octanol–water partition coefficient (Wildman–Crippen LogP) is 1.46. The molecule has 0 aliphatic rings. The molecule has 0 N–H and O–H groups in total. The number of isocyanates is 2. The fourth-order valence-corrected chi connectivity index (χ4v) is 0.885. The summed E-state index contributed by atoms with van der Waals surface area (Å²) in [6.07, 6.45) is 3.74. The highest BCUT2D eigenvalue weighted by atomic mass is 16.1. The highest BCUT2D eigenvalue weighted by Crippen LogP contribution is 2.23. The molecule has 0 rings (SSSR count). The fourth-order valence-electron chi connectivity index (χ4n) is 0.885. The number of nitrogens with zero attached hydrogens (tertiary/aromatic N) is 2. The monoisotopic (exact) mass is 182 g/mol.